The first-order valence-electron chi connectivity index (χ1n) is 6.75. The normalized spacial score (nSPS) is 21.6. The summed E-state index contributed by atoms with van der Waals surface area (Å²) in [6, 6.07) is 0. The Labute approximate surface area is 127 Å². The van der Waals surface area contributed by atoms with Crippen molar-refractivity contribution in [2.24, 2.45) is 13.0 Å². The van der Waals surface area contributed by atoms with Gasteiger partial charge in [0.1, 0.15) is 34.9 Å². The van der Waals surface area contributed by atoms with Crippen molar-refractivity contribution >= 4 is 23.2 Å². The lowest BCUT2D eigenvalue weighted by atomic mass is 10.0. The number of nitrogens with one attached hydrogen (secondary N) is 1. The monoisotopic (exact) mass is 308 g/mol. The Bertz CT molecular complexity index is 631. The molecule has 3 rings (SSSR count). The summed E-state index contributed by atoms with van der Waals surface area (Å²) in [6.07, 6.45) is 6.04. The number of rotatable bonds is 4. The molecule has 0 amide bonds. The summed E-state index contributed by atoms with van der Waals surface area (Å²) >= 11 is 6.08. The lowest BCUT2D eigenvalue weighted by Gasteiger charge is -2.19. The molecule has 21 heavy (non-hydrogen) atoms. The van der Waals surface area contributed by atoms with Crippen LogP contribution in [-0.2, 0) is 11.8 Å². The maximum Gasteiger partial charge on any atom is 0.150 e. The van der Waals surface area contributed by atoms with Crippen LogP contribution in [0.4, 0.5) is 11.6 Å². The predicted molar refractivity (Wildman–Crippen MR) is 80.0 cm³/mol. The number of anilines is 2. The molecule has 0 radical (unpaired) electrons. The predicted octanol–water partition coefficient (Wildman–Crippen LogP) is 1.64. The van der Waals surface area contributed by atoms with Crippen LogP contribution in [-0.4, -0.2) is 32.7 Å². The van der Waals surface area contributed by atoms with Crippen molar-refractivity contribution in [2.75, 3.05) is 24.2 Å². The summed E-state index contributed by atoms with van der Waals surface area (Å²) in [5.41, 5.74) is 5.67. The number of aryl methyl sites for hydroxylation is 1. The highest BCUT2D eigenvalue weighted by atomic mass is 35.5. The van der Waals surface area contributed by atoms with Gasteiger partial charge in [0.05, 0.1) is 0 Å². The van der Waals surface area contributed by atoms with Gasteiger partial charge in [-0.2, -0.15) is 0 Å². The van der Waals surface area contributed by atoms with Crippen molar-refractivity contribution in [3.8, 4) is 0 Å². The molecule has 0 saturated carbocycles. The molecular weight excluding hydrogens is 292 g/mol. The molecule has 3 N–H and O–H groups in total. The molecule has 1 saturated heterocycles. The van der Waals surface area contributed by atoms with Crippen LogP contribution in [0.15, 0.2) is 18.7 Å². The maximum atomic E-state index is 6.08. The highest BCUT2D eigenvalue weighted by Crippen LogP contribution is 2.34. The lowest BCUT2D eigenvalue weighted by Crippen LogP contribution is -2.21. The average molecular weight is 309 g/mol. The second-order valence-corrected chi connectivity index (χ2v) is 5.42. The highest BCUT2D eigenvalue weighted by molar-refractivity contribution is 6.35. The summed E-state index contributed by atoms with van der Waals surface area (Å²) in [5.74, 6) is 2.07. The van der Waals surface area contributed by atoms with Gasteiger partial charge in [-0.05, 0) is 6.42 Å². The molecule has 112 valence electrons. The number of nitrogen functional groups attached to an aromatic ring is 1. The number of imidazole rings is 1. The van der Waals surface area contributed by atoms with Crippen molar-refractivity contribution in [2.45, 2.75) is 12.5 Å². The van der Waals surface area contributed by atoms with Crippen molar-refractivity contribution in [1.29, 1.82) is 0 Å². The van der Waals surface area contributed by atoms with Gasteiger partial charge in [-0.15, -0.1) is 0 Å². The van der Waals surface area contributed by atoms with Gasteiger partial charge in [-0.3, -0.25) is 0 Å². The van der Waals surface area contributed by atoms with Gasteiger partial charge >= 0.3 is 0 Å². The standard InChI is InChI=1S/C13H17ClN6O/c1-20-4-3-16-13(20)10-8(2-5-21-10)6-17-12-9(14)11(15)18-7-19-12/h3-4,7-8,10H,2,5-6H2,1H3,(H3,15,17,18,19)/t8-,10+/m0/s1. The molecule has 7 nitrogen and oxygen atoms in total. The number of nitrogens with zero attached hydrogens (tertiary/aromatic N) is 4. The number of aromatic nitrogens is 4. The zero-order valence-corrected chi connectivity index (χ0v) is 12.4. The molecule has 0 aromatic carbocycles. The minimum absolute atomic E-state index is 0.0181. The summed E-state index contributed by atoms with van der Waals surface area (Å²) in [7, 11) is 1.97. The summed E-state index contributed by atoms with van der Waals surface area (Å²) < 4.78 is 7.80. The van der Waals surface area contributed by atoms with E-state index in [1.54, 1.807) is 6.20 Å². The largest absolute Gasteiger partial charge is 0.382 e. The van der Waals surface area contributed by atoms with Crippen LogP contribution >= 0.6 is 11.6 Å². The van der Waals surface area contributed by atoms with Crippen LogP contribution in [0.25, 0.3) is 0 Å². The van der Waals surface area contributed by atoms with E-state index in [-0.39, 0.29) is 11.9 Å². The first-order chi connectivity index (χ1) is 10.2. The zero-order chi connectivity index (χ0) is 14.8. The van der Waals surface area contributed by atoms with Gasteiger partial charge in [0.2, 0.25) is 0 Å². The summed E-state index contributed by atoms with van der Waals surface area (Å²) in [5, 5.41) is 3.58. The Morgan fingerprint density at radius 3 is 3.10 bits per heavy atom. The maximum absolute atomic E-state index is 6.08. The van der Waals surface area contributed by atoms with Crippen LogP contribution < -0.4 is 11.1 Å². The van der Waals surface area contributed by atoms with E-state index in [1.807, 2.05) is 17.8 Å². The summed E-state index contributed by atoms with van der Waals surface area (Å²) in [4.78, 5) is 12.3. The van der Waals surface area contributed by atoms with E-state index in [1.165, 1.54) is 6.33 Å². The van der Waals surface area contributed by atoms with Crippen LogP contribution in [0.1, 0.15) is 18.3 Å². The average Bonchev–Trinajstić information content (AvgIpc) is 3.08. The number of halogens is 1. The van der Waals surface area contributed by atoms with E-state index < -0.39 is 0 Å². The second-order valence-electron chi connectivity index (χ2n) is 5.04. The molecule has 8 heteroatoms. The Kier molecular flexibility index (Phi) is 3.94. The first kappa shape index (κ1) is 14.1. The first-order valence-corrected chi connectivity index (χ1v) is 7.13. The van der Waals surface area contributed by atoms with E-state index >= 15 is 0 Å². The smallest absolute Gasteiger partial charge is 0.150 e. The van der Waals surface area contributed by atoms with Crippen molar-refractivity contribution < 1.29 is 4.74 Å². The molecule has 3 heterocycles. The van der Waals surface area contributed by atoms with E-state index in [0.717, 1.165) is 18.9 Å². The van der Waals surface area contributed by atoms with Crippen molar-refractivity contribution in [3.63, 3.8) is 0 Å². The quantitative estimate of drug-likeness (QED) is 0.892. The Balaban J connectivity index is 1.70. The fraction of sp³-hybridized carbons (Fsp3) is 0.462. The number of nitrogens with two attached hydrogens (primary N) is 1. The Morgan fingerprint density at radius 1 is 1.48 bits per heavy atom. The van der Waals surface area contributed by atoms with Crippen LogP contribution in [0.2, 0.25) is 5.02 Å². The fourth-order valence-corrected chi connectivity index (χ4v) is 2.68. The topological polar surface area (TPSA) is 90.9 Å². The van der Waals surface area contributed by atoms with Crippen molar-refractivity contribution in [3.05, 3.63) is 29.6 Å². The van der Waals surface area contributed by atoms with Gasteiger partial charge in [0, 0.05) is 38.5 Å². The third-order valence-electron chi connectivity index (χ3n) is 3.68. The molecule has 2 aromatic heterocycles. The van der Waals surface area contributed by atoms with E-state index in [0.29, 0.717) is 23.3 Å². The van der Waals surface area contributed by atoms with Crippen molar-refractivity contribution in [1.82, 2.24) is 19.5 Å². The van der Waals surface area contributed by atoms with E-state index in [9.17, 15) is 0 Å². The van der Waals surface area contributed by atoms with Gasteiger partial charge < -0.3 is 20.4 Å². The summed E-state index contributed by atoms with van der Waals surface area (Å²) in [6.45, 7) is 1.41. The minimum Gasteiger partial charge on any atom is -0.382 e. The molecule has 0 aliphatic carbocycles. The Morgan fingerprint density at radius 2 is 2.33 bits per heavy atom. The third kappa shape index (κ3) is 2.79. The minimum atomic E-state index is -0.0181. The van der Waals surface area contributed by atoms with Gasteiger partial charge in [0.25, 0.3) is 0 Å². The molecule has 0 unspecified atom stereocenters. The molecular formula is C13H17ClN6O. The molecule has 2 aromatic rings. The lowest BCUT2D eigenvalue weighted by molar-refractivity contribution is 0.0839. The number of hydrogen-bond donors (Lipinski definition) is 2. The molecule has 0 bridgehead atoms. The highest BCUT2D eigenvalue weighted by Gasteiger charge is 2.32. The molecule has 1 aliphatic rings. The number of hydrogen-bond acceptors (Lipinski definition) is 6. The fourth-order valence-electron chi connectivity index (χ4n) is 2.51. The zero-order valence-electron chi connectivity index (χ0n) is 11.7. The molecule has 1 aliphatic heterocycles. The van der Waals surface area contributed by atoms with Gasteiger partial charge in [-0.1, -0.05) is 11.6 Å². The Hall–Kier alpha value is -1.86. The van der Waals surface area contributed by atoms with E-state index in [2.05, 4.69) is 20.3 Å². The molecule has 0 spiro atoms. The van der Waals surface area contributed by atoms with Crippen LogP contribution in [0.5, 0.6) is 0 Å². The molecule has 2 atom stereocenters. The third-order valence-corrected chi connectivity index (χ3v) is 4.05. The number of ether oxygens (including phenoxy) is 1. The van der Waals surface area contributed by atoms with E-state index in [4.69, 9.17) is 22.1 Å². The van der Waals surface area contributed by atoms with Crippen LogP contribution in [0, 0.1) is 5.92 Å². The van der Waals surface area contributed by atoms with Crippen LogP contribution in [0.3, 0.4) is 0 Å². The SMILES string of the molecule is Cn1ccnc1[C@@H]1OCC[C@H]1CNc1ncnc(N)c1Cl. The van der Waals surface area contributed by atoms with Gasteiger partial charge in [-0.25, -0.2) is 15.0 Å². The second kappa shape index (κ2) is 5.87. The molecule has 1 fully saturated rings. The van der Waals surface area contributed by atoms with Gasteiger partial charge in [0.15, 0.2) is 0 Å².